The molecular weight excluding hydrogens is 428 g/mol. The molecule has 0 aliphatic carbocycles. The number of para-hydroxylation sites is 1. The van der Waals surface area contributed by atoms with Crippen LogP contribution in [-0.2, 0) is 14.8 Å². The third-order valence-corrected chi connectivity index (χ3v) is 6.99. The van der Waals surface area contributed by atoms with Gasteiger partial charge in [0.2, 0.25) is 15.9 Å². The van der Waals surface area contributed by atoms with Crippen molar-refractivity contribution in [2.24, 2.45) is 0 Å². The van der Waals surface area contributed by atoms with Gasteiger partial charge in [-0.2, -0.15) is 0 Å². The van der Waals surface area contributed by atoms with E-state index in [0.717, 1.165) is 27.2 Å². The van der Waals surface area contributed by atoms with E-state index in [2.05, 4.69) is 5.32 Å². The molecule has 1 amide bonds. The first-order chi connectivity index (χ1) is 14.6. The first kappa shape index (κ1) is 22.9. The fourth-order valence-corrected chi connectivity index (χ4v) is 5.48. The van der Waals surface area contributed by atoms with Gasteiger partial charge < -0.3 is 5.32 Å². The average molecular weight is 455 g/mol. The van der Waals surface area contributed by atoms with Crippen LogP contribution in [0.4, 0.5) is 11.4 Å². The molecule has 0 bridgehead atoms. The summed E-state index contributed by atoms with van der Waals surface area (Å²) in [4.78, 5) is 15.0. The summed E-state index contributed by atoms with van der Waals surface area (Å²) in [5.41, 5.74) is 2.98. The van der Waals surface area contributed by atoms with Crippen LogP contribution >= 0.6 is 11.8 Å². The Kier molecular flexibility index (Phi) is 7.08. The average Bonchev–Trinajstić information content (AvgIpc) is 2.68. The molecule has 0 heterocycles. The lowest BCUT2D eigenvalue weighted by atomic mass is 10.1. The standard InChI is InChI=1S/C24H26N2O3S2/c1-17-14-18(2)16-20(15-17)26(31(4,28)29)19(3)24(27)25-22-12-8-9-13-23(22)30-21-10-6-5-7-11-21/h5-16,19H,1-4H3,(H,25,27)/t19-/m1/s1. The Morgan fingerprint density at radius 3 is 2.13 bits per heavy atom. The SMILES string of the molecule is Cc1cc(C)cc(N([C@H](C)C(=O)Nc2ccccc2Sc2ccccc2)S(C)(=O)=O)c1. The first-order valence-corrected chi connectivity index (χ1v) is 12.5. The highest BCUT2D eigenvalue weighted by Crippen LogP contribution is 2.33. The van der Waals surface area contributed by atoms with Gasteiger partial charge in [0.25, 0.3) is 0 Å². The number of sulfonamides is 1. The minimum atomic E-state index is -3.68. The number of anilines is 2. The van der Waals surface area contributed by atoms with Crippen LogP contribution in [0.5, 0.6) is 0 Å². The van der Waals surface area contributed by atoms with Crippen molar-refractivity contribution in [1.82, 2.24) is 0 Å². The maximum absolute atomic E-state index is 13.1. The van der Waals surface area contributed by atoms with Gasteiger partial charge in [-0.3, -0.25) is 9.10 Å². The van der Waals surface area contributed by atoms with Crippen LogP contribution in [0.25, 0.3) is 0 Å². The maximum atomic E-state index is 13.1. The Hall–Kier alpha value is -2.77. The number of carbonyl (C=O) groups is 1. The van der Waals surface area contributed by atoms with Crippen molar-refractivity contribution in [1.29, 1.82) is 0 Å². The van der Waals surface area contributed by atoms with E-state index in [4.69, 9.17) is 0 Å². The summed E-state index contributed by atoms with van der Waals surface area (Å²) in [7, 11) is -3.68. The molecular formula is C24H26N2O3S2. The van der Waals surface area contributed by atoms with Crippen molar-refractivity contribution in [3.05, 3.63) is 83.9 Å². The van der Waals surface area contributed by atoms with Gasteiger partial charge in [-0.25, -0.2) is 8.42 Å². The molecule has 0 aromatic heterocycles. The normalized spacial score (nSPS) is 12.3. The molecule has 5 nitrogen and oxygen atoms in total. The topological polar surface area (TPSA) is 66.5 Å². The number of rotatable bonds is 7. The summed E-state index contributed by atoms with van der Waals surface area (Å²) >= 11 is 1.54. The third kappa shape index (κ3) is 5.89. The van der Waals surface area contributed by atoms with E-state index in [1.165, 1.54) is 16.1 Å². The van der Waals surface area contributed by atoms with E-state index in [-0.39, 0.29) is 0 Å². The number of aryl methyl sites for hydroxylation is 2. The smallest absolute Gasteiger partial charge is 0.248 e. The van der Waals surface area contributed by atoms with Gasteiger partial charge in [0.15, 0.2) is 0 Å². The molecule has 1 atom stereocenters. The van der Waals surface area contributed by atoms with Crippen LogP contribution in [0.1, 0.15) is 18.1 Å². The fraction of sp³-hybridized carbons (Fsp3) is 0.208. The number of nitrogens with one attached hydrogen (secondary N) is 1. The number of hydrogen-bond donors (Lipinski definition) is 1. The Morgan fingerprint density at radius 1 is 0.935 bits per heavy atom. The number of benzene rings is 3. The predicted octanol–water partition coefficient (Wildman–Crippen LogP) is 5.25. The van der Waals surface area contributed by atoms with Crippen molar-refractivity contribution in [2.45, 2.75) is 36.6 Å². The zero-order valence-electron chi connectivity index (χ0n) is 18.0. The van der Waals surface area contributed by atoms with Gasteiger partial charge in [0.1, 0.15) is 6.04 Å². The van der Waals surface area contributed by atoms with Crippen LogP contribution < -0.4 is 9.62 Å². The second-order valence-corrected chi connectivity index (χ2v) is 10.5. The van der Waals surface area contributed by atoms with E-state index < -0.39 is 22.0 Å². The quantitative estimate of drug-likeness (QED) is 0.530. The molecule has 0 aliphatic heterocycles. The van der Waals surface area contributed by atoms with Gasteiger partial charge in [0, 0.05) is 9.79 Å². The summed E-state index contributed by atoms with van der Waals surface area (Å²) < 4.78 is 26.4. The van der Waals surface area contributed by atoms with Crippen LogP contribution in [0.2, 0.25) is 0 Å². The molecule has 1 N–H and O–H groups in total. The minimum absolute atomic E-state index is 0.398. The fourth-order valence-electron chi connectivity index (χ4n) is 3.40. The largest absolute Gasteiger partial charge is 0.323 e. The lowest BCUT2D eigenvalue weighted by molar-refractivity contribution is -0.116. The van der Waals surface area contributed by atoms with Gasteiger partial charge in [-0.05, 0) is 68.3 Å². The number of carbonyl (C=O) groups excluding carboxylic acids is 1. The molecule has 0 fully saturated rings. The molecule has 0 spiro atoms. The molecule has 31 heavy (non-hydrogen) atoms. The first-order valence-electron chi connectivity index (χ1n) is 9.85. The van der Waals surface area contributed by atoms with Crippen LogP contribution in [0, 0.1) is 13.8 Å². The predicted molar refractivity (Wildman–Crippen MR) is 128 cm³/mol. The second kappa shape index (κ2) is 9.58. The number of nitrogens with zero attached hydrogens (tertiary/aromatic N) is 1. The molecule has 0 saturated heterocycles. The summed E-state index contributed by atoms with van der Waals surface area (Å²) in [6, 6.07) is 21.9. The monoisotopic (exact) mass is 454 g/mol. The highest BCUT2D eigenvalue weighted by molar-refractivity contribution is 7.99. The van der Waals surface area contributed by atoms with Crippen molar-refractivity contribution in [3.63, 3.8) is 0 Å². The number of hydrogen-bond acceptors (Lipinski definition) is 4. The van der Waals surface area contributed by atoms with Crippen LogP contribution in [-0.4, -0.2) is 26.6 Å². The highest BCUT2D eigenvalue weighted by atomic mass is 32.2. The molecule has 7 heteroatoms. The van der Waals surface area contributed by atoms with E-state index in [0.29, 0.717) is 11.4 Å². The Bertz CT molecular complexity index is 1160. The van der Waals surface area contributed by atoms with Gasteiger partial charge >= 0.3 is 0 Å². The van der Waals surface area contributed by atoms with Crippen molar-refractivity contribution in [3.8, 4) is 0 Å². The van der Waals surface area contributed by atoms with Gasteiger partial charge in [0.05, 0.1) is 17.6 Å². The third-order valence-electron chi connectivity index (χ3n) is 4.67. The van der Waals surface area contributed by atoms with Crippen molar-refractivity contribution in [2.75, 3.05) is 15.9 Å². The number of amides is 1. The van der Waals surface area contributed by atoms with Crippen LogP contribution in [0.3, 0.4) is 0 Å². The van der Waals surface area contributed by atoms with E-state index >= 15 is 0 Å². The van der Waals surface area contributed by atoms with Crippen molar-refractivity contribution >= 4 is 39.1 Å². The molecule has 0 saturated carbocycles. The molecule has 0 radical (unpaired) electrons. The van der Waals surface area contributed by atoms with Crippen molar-refractivity contribution < 1.29 is 13.2 Å². The molecule has 3 aromatic rings. The summed E-state index contributed by atoms with van der Waals surface area (Å²) in [6.07, 6.45) is 1.12. The van der Waals surface area contributed by atoms with E-state index in [1.54, 1.807) is 19.1 Å². The Balaban J connectivity index is 1.88. The van der Waals surface area contributed by atoms with Crippen LogP contribution in [0.15, 0.2) is 82.6 Å². The summed E-state index contributed by atoms with van der Waals surface area (Å²) in [6.45, 7) is 5.40. The lowest BCUT2D eigenvalue weighted by Crippen LogP contribution is -2.45. The lowest BCUT2D eigenvalue weighted by Gasteiger charge is -2.29. The van der Waals surface area contributed by atoms with E-state index in [9.17, 15) is 13.2 Å². The Morgan fingerprint density at radius 2 is 1.52 bits per heavy atom. The molecule has 0 aliphatic rings. The van der Waals surface area contributed by atoms with E-state index in [1.807, 2.05) is 74.5 Å². The van der Waals surface area contributed by atoms with Gasteiger partial charge in [-0.1, -0.05) is 48.2 Å². The maximum Gasteiger partial charge on any atom is 0.248 e. The molecule has 3 aromatic carbocycles. The molecule has 162 valence electrons. The highest BCUT2D eigenvalue weighted by Gasteiger charge is 2.29. The minimum Gasteiger partial charge on any atom is -0.323 e. The van der Waals surface area contributed by atoms with Gasteiger partial charge in [-0.15, -0.1) is 0 Å². The zero-order chi connectivity index (χ0) is 22.6. The molecule has 0 unspecified atom stereocenters. The second-order valence-electron chi connectivity index (χ2n) is 7.48. The summed E-state index contributed by atoms with van der Waals surface area (Å²) in [5.74, 6) is -0.398. The Labute approximate surface area is 188 Å². The zero-order valence-corrected chi connectivity index (χ0v) is 19.6. The summed E-state index contributed by atoms with van der Waals surface area (Å²) in [5, 5.41) is 2.92. The molecule has 3 rings (SSSR count).